The zero-order valence-corrected chi connectivity index (χ0v) is 21.0. The number of carbonyl (C=O) groups is 1. The third-order valence-corrected chi connectivity index (χ3v) is 7.93. The SMILES string of the molecule is Cc1cc(C)c(S(=O)(=O)N(CC(=O)Nc2c(F)cccc2F)Cc2ccc(Cl)c(Cl)c2)c(C)c1. The molecule has 0 aliphatic carbocycles. The van der Waals surface area contributed by atoms with Gasteiger partial charge in [-0.05, 0) is 61.7 Å². The van der Waals surface area contributed by atoms with E-state index in [0.717, 1.165) is 28.1 Å². The van der Waals surface area contributed by atoms with Gasteiger partial charge in [-0.25, -0.2) is 17.2 Å². The largest absolute Gasteiger partial charge is 0.320 e. The van der Waals surface area contributed by atoms with Crippen LogP contribution in [-0.4, -0.2) is 25.2 Å². The van der Waals surface area contributed by atoms with Crippen LogP contribution >= 0.6 is 23.2 Å². The fourth-order valence-electron chi connectivity index (χ4n) is 3.73. The monoisotopic (exact) mass is 526 g/mol. The van der Waals surface area contributed by atoms with Crippen molar-refractivity contribution in [1.29, 1.82) is 0 Å². The average molecular weight is 527 g/mol. The number of rotatable bonds is 7. The molecule has 3 aromatic rings. The van der Waals surface area contributed by atoms with E-state index in [9.17, 15) is 22.0 Å². The summed E-state index contributed by atoms with van der Waals surface area (Å²) in [4.78, 5) is 12.8. The van der Waals surface area contributed by atoms with Crippen LogP contribution in [0, 0.1) is 32.4 Å². The van der Waals surface area contributed by atoms with E-state index in [0.29, 0.717) is 16.7 Å². The zero-order chi connectivity index (χ0) is 25.2. The molecule has 0 heterocycles. The highest BCUT2D eigenvalue weighted by Crippen LogP contribution is 2.28. The number of nitrogens with one attached hydrogen (secondary N) is 1. The molecule has 0 unspecified atom stereocenters. The minimum atomic E-state index is -4.20. The number of carbonyl (C=O) groups excluding carboxylic acids is 1. The van der Waals surface area contributed by atoms with Gasteiger partial charge in [0.2, 0.25) is 15.9 Å². The standard InChI is InChI=1S/C24H22Cl2F2N2O3S/c1-14-9-15(2)24(16(3)10-14)34(32,33)30(12-17-7-8-18(25)19(26)11-17)13-22(31)29-23-20(27)5-4-6-21(23)28/h4-11H,12-13H2,1-3H3,(H,29,31). The van der Waals surface area contributed by atoms with Crippen LogP contribution in [0.25, 0.3) is 0 Å². The summed E-state index contributed by atoms with van der Waals surface area (Å²) < 4.78 is 56.4. The van der Waals surface area contributed by atoms with Crippen LogP contribution in [-0.2, 0) is 21.4 Å². The molecule has 3 rings (SSSR count). The fourth-order valence-corrected chi connectivity index (χ4v) is 5.84. The Morgan fingerprint density at radius 1 is 0.941 bits per heavy atom. The van der Waals surface area contributed by atoms with Gasteiger partial charge >= 0.3 is 0 Å². The van der Waals surface area contributed by atoms with E-state index < -0.39 is 39.8 Å². The summed E-state index contributed by atoms with van der Waals surface area (Å²) in [5.74, 6) is -2.86. The van der Waals surface area contributed by atoms with E-state index in [1.54, 1.807) is 32.0 Å². The first kappa shape index (κ1) is 26.1. The molecular formula is C24H22Cl2F2N2O3S. The first-order chi connectivity index (χ1) is 15.9. The topological polar surface area (TPSA) is 66.5 Å². The summed E-state index contributed by atoms with van der Waals surface area (Å²) in [7, 11) is -4.20. The number of anilines is 1. The third-order valence-electron chi connectivity index (χ3n) is 5.09. The first-order valence-corrected chi connectivity index (χ1v) is 12.4. The van der Waals surface area contributed by atoms with E-state index in [-0.39, 0.29) is 21.5 Å². The number of hydrogen-bond donors (Lipinski definition) is 1. The Morgan fingerprint density at radius 2 is 1.53 bits per heavy atom. The van der Waals surface area contributed by atoms with Gasteiger partial charge in [0, 0.05) is 6.54 Å². The maximum absolute atomic E-state index is 14.0. The smallest absolute Gasteiger partial charge is 0.244 e. The second kappa shape index (κ2) is 10.4. The van der Waals surface area contributed by atoms with Crippen molar-refractivity contribution in [2.45, 2.75) is 32.2 Å². The molecule has 0 aliphatic rings. The zero-order valence-electron chi connectivity index (χ0n) is 18.6. The first-order valence-electron chi connectivity index (χ1n) is 10.2. The van der Waals surface area contributed by atoms with E-state index in [1.807, 2.05) is 6.92 Å². The molecule has 0 saturated carbocycles. The Kier molecular flexibility index (Phi) is 7.98. The van der Waals surface area contributed by atoms with Gasteiger partial charge < -0.3 is 5.32 Å². The predicted octanol–water partition coefficient (Wildman–Crippen LogP) is 6.03. The lowest BCUT2D eigenvalue weighted by Gasteiger charge is -2.24. The van der Waals surface area contributed by atoms with Gasteiger partial charge in [-0.1, -0.05) is 53.0 Å². The van der Waals surface area contributed by atoms with Crippen LogP contribution in [0.5, 0.6) is 0 Å². The fraction of sp³-hybridized carbons (Fsp3) is 0.208. The number of amides is 1. The van der Waals surface area contributed by atoms with Crippen molar-refractivity contribution in [1.82, 2.24) is 4.31 Å². The molecule has 0 atom stereocenters. The molecule has 3 aromatic carbocycles. The van der Waals surface area contributed by atoms with Crippen molar-refractivity contribution in [3.05, 3.63) is 92.5 Å². The molecule has 0 bridgehead atoms. The summed E-state index contributed by atoms with van der Waals surface area (Å²) in [6, 6.07) is 11.2. The Morgan fingerprint density at radius 3 is 2.09 bits per heavy atom. The van der Waals surface area contributed by atoms with Crippen LogP contribution in [0.2, 0.25) is 10.0 Å². The van der Waals surface area contributed by atoms with Crippen molar-refractivity contribution in [3.63, 3.8) is 0 Å². The van der Waals surface area contributed by atoms with E-state index in [4.69, 9.17) is 23.2 Å². The van der Waals surface area contributed by atoms with Gasteiger partial charge in [0.05, 0.1) is 21.5 Å². The molecule has 34 heavy (non-hydrogen) atoms. The maximum atomic E-state index is 14.0. The number of benzene rings is 3. The number of halogens is 4. The lowest BCUT2D eigenvalue weighted by atomic mass is 10.1. The minimum absolute atomic E-state index is 0.0584. The van der Waals surface area contributed by atoms with Gasteiger partial charge in [0.15, 0.2) is 0 Å². The molecule has 0 aliphatic heterocycles. The number of aryl methyl sites for hydroxylation is 3. The number of sulfonamides is 1. The van der Waals surface area contributed by atoms with E-state index >= 15 is 0 Å². The second-order valence-electron chi connectivity index (χ2n) is 7.89. The Hall–Kier alpha value is -2.52. The molecule has 0 aromatic heterocycles. The Balaban J connectivity index is 2.01. The molecule has 5 nitrogen and oxygen atoms in total. The highest BCUT2D eigenvalue weighted by atomic mass is 35.5. The van der Waals surface area contributed by atoms with Gasteiger partial charge in [0.25, 0.3) is 0 Å². The molecule has 0 fully saturated rings. The molecule has 0 spiro atoms. The molecular weight excluding hydrogens is 505 g/mol. The second-order valence-corrected chi connectivity index (χ2v) is 10.6. The Bertz CT molecular complexity index is 1320. The number of nitrogens with zero attached hydrogens (tertiary/aromatic N) is 1. The molecule has 180 valence electrons. The Labute approximate surface area is 207 Å². The predicted molar refractivity (Wildman–Crippen MR) is 130 cm³/mol. The average Bonchev–Trinajstić information content (AvgIpc) is 2.72. The summed E-state index contributed by atoms with van der Waals surface area (Å²) in [6.45, 7) is 4.26. The summed E-state index contributed by atoms with van der Waals surface area (Å²) >= 11 is 12.0. The van der Waals surface area contributed by atoms with Crippen LogP contribution < -0.4 is 5.32 Å². The van der Waals surface area contributed by atoms with Gasteiger partial charge in [-0.2, -0.15) is 4.31 Å². The molecule has 0 radical (unpaired) electrons. The van der Waals surface area contributed by atoms with Gasteiger partial charge in [0.1, 0.15) is 17.3 Å². The van der Waals surface area contributed by atoms with Gasteiger partial charge in [-0.15, -0.1) is 0 Å². The molecule has 0 saturated heterocycles. The van der Waals surface area contributed by atoms with Crippen molar-refractivity contribution in [2.24, 2.45) is 0 Å². The lowest BCUT2D eigenvalue weighted by molar-refractivity contribution is -0.116. The normalized spacial score (nSPS) is 11.6. The van der Waals surface area contributed by atoms with Crippen molar-refractivity contribution < 1.29 is 22.0 Å². The number of hydrogen-bond acceptors (Lipinski definition) is 3. The minimum Gasteiger partial charge on any atom is -0.320 e. The highest BCUT2D eigenvalue weighted by molar-refractivity contribution is 7.89. The highest BCUT2D eigenvalue weighted by Gasteiger charge is 2.30. The summed E-state index contributed by atoms with van der Waals surface area (Å²) in [6.07, 6.45) is 0. The third kappa shape index (κ3) is 5.75. The molecule has 1 N–H and O–H groups in total. The van der Waals surface area contributed by atoms with Crippen LogP contribution in [0.15, 0.2) is 53.4 Å². The molecule has 10 heteroatoms. The lowest BCUT2D eigenvalue weighted by Crippen LogP contribution is -2.38. The van der Waals surface area contributed by atoms with E-state index in [1.165, 1.54) is 12.1 Å². The van der Waals surface area contributed by atoms with Crippen molar-refractivity contribution in [3.8, 4) is 0 Å². The van der Waals surface area contributed by atoms with E-state index in [2.05, 4.69) is 5.32 Å². The maximum Gasteiger partial charge on any atom is 0.244 e. The van der Waals surface area contributed by atoms with Crippen LogP contribution in [0.4, 0.5) is 14.5 Å². The summed E-state index contributed by atoms with van der Waals surface area (Å²) in [5, 5.41) is 2.64. The van der Waals surface area contributed by atoms with Crippen LogP contribution in [0.3, 0.4) is 0 Å². The quantitative estimate of drug-likeness (QED) is 0.408. The van der Waals surface area contributed by atoms with Crippen LogP contribution in [0.1, 0.15) is 22.3 Å². The summed E-state index contributed by atoms with van der Waals surface area (Å²) in [5.41, 5.74) is 1.74. The van der Waals surface area contributed by atoms with Crippen molar-refractivity contribution >= 4 is 44.8 Å². The molecule has 1 amide bonds. The number of para-hydroxylation sites is 1. The van der Waals surface area contributed by atoms with Crippen molar-refractivity contribution in [2.75, 3.05) is 11.9 Å². The van der Waals surface area contributed by atoms with Gasteiger partial charge in [-0.3, -0.25) is 4.79 Å².